The Morgan fingerprint density at radius 3 is 2.35 bits per heavy atom. The molecule has 1 heterocycles. The van der Waals surface area contributed by atoms with Crippen LogP contribution in [0.1, 0.15) is 0 Å². The second-order valence-electron chi connectivity index (χ2n) is 3.86. The molecule has 0 fully saturated rings. The van der Waals surface area contributed by atoms with Gasteiger partial charge in [0.2, 0.25) is 10.6 Å². The Balaban J connectivity index is 2.04. The second kappa shape index (κ2) is 5.52. The standard InChI is InChI=1S/C13H6BrCl2N3O/c14-10-8-4-2-1-3-7(8)5-6-9(10)20-13-18-11(15)17-12(16)19-13/h1-6H. The summed E-state index contributed by atoms with van der Waals surface area (Å²) in [6.45, 7) is 0. The Labute approximate surface area is 132 Å². The van der Waals surface area contributed by atoms with Gasteiger partial charge in [-0.1, -0.05) is 30.3 Å². The molecule has 0 aliphatic heterocycles. The molecule has 4 nitrogen and oxygen atoms in total. The SMILES string of the molecule is Clc1nc(Cl)nc(Oc2ccc3ccccc3c2Br)n1. The highest BCUT2D eigenvalue weighted by Gasteiger charge is 2.10. The van der Waals surface area contributed by atoms with Crippen LogP contribution in [-0.2, 0) is 0 Å². The molecular weight excluding hydrogens is 365 g/mol. The van der Waals surface area contributed by atoms with Crippen LogP contribution < -0.4 is 4.74 Å². The summed E-state index contributed by atoms with van der Waals surface area (Å²) in [6, 6.07) is 11.7. The molecule has 0 N–H and O–H groups in total. The van der Waals surface area contributed by atoms with E-state index in [1.165, 1.54) is 0 Å². The van der Waals surface area contributed by atoms with E-state index in [0.29, 0.717) is 5.75 Å². The van der Waals surface area contributed by atoms with Gasteiger partial charge in [-0.05, 0) is 56.0 Å². The average molecular weight is 371 g/mol. The van der Waals surface area contributed by atoms with Gasteiger partial charge in [-0.15, -0.1) is 0 Å². The Bertz CT molecular complexity index is 777. The summed E-state index contributed by atoms with van der Waals surface area (Å²) in [5, 5.41) is 2.09. The highest BCUT2D eigenvalue weighted by Crippen LogP contribution is 2.35. The van der Waals surface area contributed by atoms with Crippen LogP contribution in [0.3, 0.4) is 0 Å². The first-order valence-corrected chi connectivity index (χ1v) is 7.10. The summed E-state index contributed by atoms with van der Waals surface area (Å²) < 4.78 is 6.41. The molecule has 0 saturated carbocycles. The van der Waals surface area contributed by atoms with Gasteiger partial charge in [-0.2, -0.15) is 15.0 Å². The molecule has 7 heteroatoms. The second-order valence-corrected chi connectivity index (χ2v) is 5.33. The summed E-state index contributed by atoms with van der Waals surface area (Å²) in [6.07, 6.45) is 0. The van der Waals surface area contributed by atoms with Crippen LogP contribution in [0.15, 0.2) is 40.9 Å². The lowest BCUT2D eigenvalue weighted by Gasteiger charge is -2.08. The maximum absolute atomic E-state index is 5.71. The first kappa shape index (κ1) is 13.5. The molecule has 0 amide bonds. The summed E-state index contributed by atoms with van der Waals surface area (Å²) in [7, 11) is 0. The van der Waals surface area contributed by atoms with Gasteiger partial charge in [0.25, 0.3) is 0 Å². The number of nitrogens with zero attached hydrogens (tertiary/aromatic N) is 3. The van der Waals surface area contributed by atoms with E-state index in [1.807, 2.05) is 36.4 Å². The molecule has 0 atom stereocenters. The lowest BCUT2D eigenvalue weighted by atomic mass is 10.1. The third kappa shape index (κ3) is 2.70. The topological polar surface area (TPSA) is 47.9 Å². The van der Waals surface area contributed by atoms with Gasteiger partial charge >= 0.3 is 6.01 Å². The molecule has 0 aliphatic carbocycles. The Hall–Kier alpha value is -1.43. The first-order valence-electron chi connectivity index (χ1n) is 5.55. The molecule has 100 valence electrons. The van der Waals surface area contributed by atoms with Crippen LogP contribution in [0.2, 0.25) is 10.6 Å². The smallest absolute Gasteiger partial charge is 0.327 e. The monoisotopic (exact) mass is 369 g/mol. The van der Waals surface area contributed by atoms with Crippen LogP contribution in [0, 0.1) is 0 Å². The molecular formula is C13H6BrCl2N3O. The number of aromatic nitrogens is 3. The van der Waals surface area contributed by atoms with Crippen LogP contribution in [0.25, 0.3) is 10.8 Å². The van der Waals surface area contributed by atoms with Crippen LogP contribution in [0.4, 0.5) is 0 Å². The predicted octanol–water partition coefficient (Wildman–Crippen LogP) is 4.89. The summed E-state index contributed by atoms with van der Waals surface area (Å²) in [4.78, 5) is 11.4. The van der Waals surface area contributed by atoms with E-state index in [-0.39, 0.29) is 16.6 Å². The number of hydrogen-bond acceptors (Lipinski definition) is 4. The molecule has 2 aromatic carbocycles. The van der Waals surface area contributed by atoms with Crippen LogP contribution in [0.5, 0.6) is 11.8 Å². The molecule has 0 bridgehead atoms. The number of fused-ring (bicyclic) bond motifs is 1. The quantitative estimate of drug-likeness (QED) is 0.644. The normalized spacial score (nSPS) is 10.8. The first-order chi connectivity index (χ1) is 9.63. The minimum atomic E-state index is -0.0167. The van der Waals surface area contributed by atoms with Gasteiger partial charge < -0.3 is 4.74 Å². The maximum Gasteiger partial charge on any atom is 0.327 e. The molecule has 0 aliphatic rings. The van der Waals surface area contributed by atoms with Crippen molar-refractivity contribution in [2.75, 3.05) is 0 Å². The third-order valence-electron chi connectivity index (χ3n) is 2.59. The summed E-state index contributed by atoms with van der Waals surface area (Å²) in [5.74, 6) is 0.571. The molecule has 0 unspecified atom stereocenters. The summed E-state index contributed by atoms with van der Waals surface area (Å²) >= 11 is 14.9. The van der Waals surface area contributed by atoms with Gasteiger partial charge in [0, 0.05) is 0 Å². The van der Waals surface area contributed by atoms with E-state index in [0.717, 1.165) is 15.2 Å². The molecule has 0 radical (unpaired) electrons. The maximum atomic E-state index is 5.71. The van der Waals surface area contributed by atoms with E-state index in [1.54, 1.807) is 0 Å². The molecule has 20 heavy (non-hydrogen) atoms. The van der Waals surface area contributed by atoms with Gasteiger partial charge in [0.05, 0.1) is 4.47 Å². The number of rotatable bonds is 2. The third-order valence-corrected chi connectivity index (χ3v) is 3.75. The van der Waals surface area contributed by atoms with Crippen molar-refractivity contribution in [2.24, 2.45) is 0 Å². The van der Waals surface area contributed by atoms with E-state index in [2.05, 4.69) is 30.9 Å². The molecule has 1 aromatic heterocycles. The zero-order valence-corrected chi connectivity index (χ0v) is 12.9. The van der Waals surface area contributed by atoms with Crippen molar-refractivity contribution in [2.45, 2.75) is 0 Å². The molecule has 3 aromatic rings. The number of benzene rings is 2. The van der Waals surface area contributed by atoms with Crippen LogP contribution in [-0.4, -0.2) is 15.0 Å². The van der Waals surface area contributed by atoms with E-state index >= 15 is 0 Å². The van der Waals surface area contributed by atoms with Gasteiger partial charge in [-0.3, -0.25) is 0 Å². The van der Waals surface area contributed by atoms with Crippen molar-refractivity contribution in [3.05, 3.63) is 51.4 Å². The van der Waals surface area contributed by atoms with Crippen molar-refractivity contribution in [1.29, 1.82) is 0 Å². The lowest BCUT2D eigenvalue weighted by Crippen LogP contribution is -1.95. The van der Waals surface area contributed by atoms with Crippen molar-refractivity contribution >= 4 is 49.9 Å². The van der Waals surface area contributed by atoms with Crippen molar-refractivity contribution in [1.82, 2.24) is 15.0 Å². The van der Waals surface area contributed by atoms with E-state index < -0.39 is 0 Å². The number of ether oxygens (including phenoxy) is 1. The largest absolute Gasteiger partial charge is 0.423 e. The fourth-order valence-electron chi connectivity index (χ4n) is 1.75. The molecule has 0 spiro atoms. The van der Waals surface area contributed by atoms with Gasteiger partial charge in [0.1, 0.15) is 5.75 Å². The highest BCUT2D eigenvalue weighted by atomic mass is 79.9. The van der Waals surface area contributed by atoms with Gasteiger partial charge in [0.15, 0.2) is 0 Å². The summed E-state index contributed by atoms with van der Waals surface area (Å²) in [5.41, 5.74) is 0. The lowest BCUT2D eigenvalue weighted by molar-refractivity contribution is 0.437. The van der Waals surface area contributed by atoms with Crippen molar-refractivity contribution in [3.8, 4) is 11.8 Å². The zero-order valence-electron chi connectivity index (χ0n) is 9.85. The fourth-order valence-corrected chi connectivity index (χ4v) is 2.67. The van der Waals surface area contributed by atoms with Crippen molar-refractivity contribution in [3.63, 3.8) is 0 Å². The number of halogens is 3. The molecule has 3 rings (SSSR count). The fraction of sp³-hybridized carbons (Fsp3) is 0. The van der Waals surface area contributed by atoms with Crippen molar-refractivity contribution < 1.29 is 4.74 Å². The Morgan fingerprint density at radius 2 is 1.60 bits per heavy atom. The van der Waals surface area contributed by atoms with E-state index in [9.17, 15) is 0 Å². The minimum Gasteiger partial charge on any atom is -0.423 e. The molecule has 0 saturated heterocycles. The predicted molar refractivity (Wildman–Crippen MR) is 81.6 cm³/mol. The highest BCUT2D eigenvalue weighted by molar-refractivity contribution is 9.10. The van der Waals surface area contributed by atoms with E-state index in [4.69, 9.17) is 27.9 Å². The van der Waals surface area contributed by atoms with Crippen LogP contribution >= 0.6 is 39.1 Å². The Kier molecular flexibility index (Phi) is 3.74. The minimum absolute atomic E-state index is 0.0167. The number of hydrogen-bond donors (Lipinski definition) is 0. The average Bonchev–Trinajstić information content (AvgIpc) is 2.41. The zero-order chi connectivity index (χ0) is 14.1. The van der Waals surface area contributed by atoms with Gasteiger partial charge in [-0.25, -0.2) is 0 Å². The Morgan fingerprint density at radius 1 is 0.900 bits per heavy atom.